The Morgan fingerprint density at radius 2 is 1.81 bits per heavy atom. The van der Waals surface area contributed by atoms with E-state index in [0.717, 1.165) is 5.56 Å². The Morgan fingerprint density at radius 3 is 2.59 bits per heavy atom. The highest BCUT2D eigenvalue weighted by Crippen LogP contribution is 2.33. The van der Waals surface area contributed by atoms with Gasteiger partial charge in [-0.25, -0.2) is 0 Å². The van der Waals surface area contributed by atoms with Crippen molar-refractivity contribution >= 4 is 11.6 Å². The van der Waals surface area contributed by atoms with Crippen LogP contribution in [0.15, 0.2) is 67.0 Å². The Balaban J connectivity index is 1.52. The smallest absolute Gasteiger partial charge is 0.226 e. The van der Waals surface area contributed by atoms with Crippen molar-refractivity contribution in [3.63, 3.8) is 0 Å². The van der Waals surface area contributed by atoms with Crippen molar-refractivity contribution < 1.29 is 14.3 Å². The SMILES string of the molecule is Cc1cccc([C@@H](CC(=O)Nc2ccc3c(c2)OCCO3)n2cccc2)c1. The number of rotatable bonds is 5. The second-order valence-corrected chi connectivity index (χ2v) is 6.67. The maximum atomic E-state index is 12.7. The van der Waals surface area contributed by atoms with E-state index in [1.165, 1.54) is 5.56 Å². The molecule has 1 N–H and O–H groups in total. The van der Waals surface area contributed by atoms with Crippen LogP contribution in [-0.2, 0) is 4.79 Å². The minimum absolute atomic E-state index is 0.0492. The molecule has 5 heteroatoms. The van der Waals surface area contributed by atoms with E-state index < -0.39 is 0 Å². The number of anilines is 1. The zero-order chi connectivity index (χ0) is 18.6. The number of aryl methyl sites for hydroxylation is 1. The molecule has 1 aliphatic rings. The lowest BCUT2D eigenvalue weighted by Gasteiger charge is -2.21. The van der Waals surface area contributed by atoms with Gasteiger partial charge in [0.2, 0.25) is 5.91 Å². The fraction of sp³-hybridized carbons (Fsp3) is 0.227. The van der Waals surface area contributed by atoms with Gasteiger partial charge >= 0.3 is 0 Å². The summed E-state index contributed by atoms with van der Waals surface area (Å²) in [4.78, 5) is 12.7. The van der Waals surface area contributed by atoms with Gasteiger partial charge < -0.3 is 19.4 Å². The van der Waals surface area contributed by atoms with Crippen molar-refractivity contribution in [1.82, 2.24) is 4.57 Å². The molecule has 4 rings (SSSR count). The molecule has 1 atom stereocenters. The van der Waals surface area contributed by atoms with Gasteiger partial charge in [-0.15, -0.1) is 0 Å². The third-order valence-electron chi connectivity index (χ3n) is 4.62. The summed E-state index contributed by atoms with van der Waals surface area (Å²) in [5.74, 6) is 1.33. The van der Waals surface area contributed by atoms with Crippen LogP contribution in [0.1, 0.15) is 23.6 Å². The Kier molecular flexibility index (Phi) is 4.83. The van der Waals surface area contributed by atoms with Crippen molar-refractivity contribution in [2.24, 2.45) is 0 Å². The van der Waals surface area contributed by atoms with Crippen LogP contribution >= 0.6 is 0 Å². The summed E-state index contributed by atoms with van der Waals surface area (Å²) >= 11 is 0. The van der Waals surface area contributed by atoms with Gasteiger partial charge in [-0.3, -0.25) is 4.79 Å². The van der Waals surface area contributed by atoms with Gasteiger partial charge in [-0.2, -0.15) is 0 Å². The van der Waals surface area contributed by atoms with Crippen LogP contribution in [0.5, 0.6) is 11.5 Å². The van der Waals surface area contributed by atoms with Crippen molar-refractivity contribution in [1.29, 1.82) is 0 Å². The lowest BCUT2D eigenvalue weighted by molar-refractivity contribution is -0.116. The third-order valence-corrected chi connectivity index (χ3v) is 4.62. The average Bonchev–Trinajstić information content (AvgIpc) is 3.20. The third kappa shape index (κ3) is 3.97. The quantitative estimate of drug-likeness (QED) is 0.741. The van der Waals surface area contributed by atoms with Crippen LogP contribution in [0.3, 0.4) is 0 Å². The fourth-order valence-corrected chi connectivity index (χ4v) is 3.34. The Bertz CT molecular complexity index is 934. The van der Waals surface area contributed by atoms with E-state index in [2.05, 4.69) is 35.0 Å². The second-order valence-electron chi connectivity index (χ2n) is 6.67. The molecule has 1 aromatic heterocycles. The Hall–Kier alpha value is -3.21. The van der Waals surface area contributed by atoms with E-state index in [-0.39, 0.29) is 11.9 Å². The first kappa shape index (κ1) is 17.2. The van der Waals surface area contributed by atoms with Crippen molar-refractivity contribution in [2.45, 2.75) is 19.4 Å². The van der Waals surface area contributed by atoms with Gasteiger partial charge in [0.05, 0.1) is 12.5 Å². The van der Waals surface area contributed by atoms with Crippen LogP contribution in [0.4, 0.5) is 5.69 Å². The average molecular weight is 362 g/mol. The Morgan fingerprint density at radius 1 is 1.04 bits per heavy atom. The van der Waals surface area contributed by atoms with E-state index in [4.69, 9.17) is 9.47 Å². The number of benzene rings is 2. The molecule has 1 aliphatic heterocycles. The minimum atomic E-state index is -0.0582. The van der Waals surface area contributed by atoms with E-state index in [9.17, 15) is 4.79 Å². The van der Waals surface area contributed by atoms with E-state index in [0.29, 0.717) is 36.8 Å². The van der Waals surface area contributed by atoms with Gasteiger partial charge in [0, 0.05) is 24.1 Å². The molecule has 27 heavy (non-hydrogen) atoms. The predicted molar refractivity (Wildman–Crippen MR) is 104 cm³/mol. The van der Waals surface area contributed by atoms with Crippen molar-refractivity contribution in [3.05, 3.63) is 78.1 Å². The summed E-state index contributed by atoms with van der Waals surface area (Å²) < 4.78 is 13.2. The first-order chi connectivity index (χ1) is 13.2. The topological polar surface area (TPSA) is 52.5 Å². The minimum Gasteiger partial charge on any atom is -0.486 e. The highest BCUT2D eigenvalue weighted by molar-refractivity contribution is 5.91. The monoisotopic (exact) mass is 362 g/mol. The maximum absolute atomic E-state index is 12.7. The summed E-state index contributed by atoms with van der Waals surface area (Å²) in [5, 5.41) is 2.98. The number of aromatic nitrogens is 1. The van der Waals surface area contributed by atoms with Gasteiger partial charge in [-0.1, -0.05) is 29.8 Å². The molecular formula is C22H22N2O3. The van der Waals surface area contributed by atoms with Crippen LogP contribution < -0.4 is 14.8 Å². The highest BCUT2D eigenvalue weighted by Gasteiger charge is 2.19. The van der Waals surface area contributed by atoms with Gasteiger partial charge in [-0.05, 0) is 36.8 Å². The summed E-state index contributed by atoms with van der Waals surface area (Å²) in [6.07, 6.45) is 4.32. The molecule has 2 heterocycles. The van der Waals surface area contributed by atoms with Crippen molar-refractivity contribution in [3.8, 4) is 11.5 Å². The molecule has 5 nitrogen and oxygen atoms in total. The molecule has 0 saturated heterocycles. The number of carbonyl (C=O) groups excluding carboxylic acids is 1. The standard InChI is InChI=1S/C22H22N2O3/c1-16-5-4-6-17(13-16)19(24-9-2-3-10-24)15-22(25)23-18-7-8-20-21(14-18)27-12-11-26-20/h2-10,13-14,19H,11-12,15H2,1H3,(H,23,25)/t19-/m1/s1. The van der Waals surface area contributed by atoms with Crippen molar-refractivity contribution in [2.75, 3.05) is 18.5 Å². The van der Waals surface area contributed by atoms with E-state index in [1.54, 1.807) is 0 Å². The summed E-state index contributed by atoms with van der Waals surface area (Å²) in [5.41, 5.74) is 3.00. The number of hydrogen-bond acceptors (Lipinski definition) is 3. The van der Waals surface area contributed by atoms with Gasteiger partial charge in [0.25, 0.3) is 0 Å². The number of amides is 1. The summed E-state index contributed by atoms with van der Waals surface area (Å²) in [6.45, 7) is 3.13. The molecule has 0 unspecified atom stereocenters. The summed E-state index contributed by atoms with van der Waals surface area (Å²) in [6, 6.07) is 17.6. The molecule has 0 aliphatic carbocycles. The normalized spacial score (nSPS) is 13.8. The van der Waals surface area contributed by atoms with Crippen LogP contribution in [0.2, 0.25) is 0 Å². The molecule has 2 aromatic carbocycles. The molecule has 0 radical (unpaired) electrons. The summed E-state index contributed by atoms with van der Waals surface area (Å²) in [7, 11) is 0. The van der Waals surface area contributed by atoms with E-state index >= 15 is 0 Å². The lowest BCUT2D eigenvalue weighted by atomic mass is 10.0. The predicted octanol–water partition coefficient (Wildman–Crippen LogP) is 4.19. The zero-order valence-electron chi connectivity index (χ0n) is 15.2. The van der Waals surface area contributed by atoms with Crippen LogP contribution in [0, 0.1) is 6.92 Å². The van der Waals surface area contributed by atoms with E-state index in [1.807, 2.05) is 48.8 Å². The largest absolute Gasteiger partial charge is 0.486 e. The molecule has 1 amide bonds. The fourth-order valence-electron chi connectivity index (χ4n) is 3.34. The van der Waals surface area contributed by atoms with Crippen LogP contribution in [0.25, 0.3) is 0 Å². The molecule has 0 spiro atoms. The molecular weight excluding hydrogens is 340 g/mol. The first-order valence-electron chi connectivity index (χ1n) is 9.07. The number of nitrogens with zero attached hydrogens (tertiary/aromatic N) is 1. The van der Waals surface area contributed by atoms with Crippen LogP contribution in [-0.4, -0.2) is 23.7 Å². The zero-order valence-corrected chi connectivity index (χ0v) is 15.2. The number of hydrogen-bond donors (Lipinski definition) is 1. The number of carbonyl (C=O) groups is 1. The van der Waals surface area contributed by atoms with Gasteiger partial charge in [0.1, 0.15) is 13.2 Å². The number of fused-ring (bicyclic) bond motifs is 1. The molecule has 138 valence electrons. The molecule has 0 saturated carbocycles. The highest BCUT2D eigenvalue weighted by atomic mass is 16.6. The molecule has 0 fully saturated rings. The van der Waals surface area contributed by atoms with Gasteiger partial charge in [0.15, 0.2) is 11.5 Å². The lowest BCUT2D eigenvalue weighted by Crippen LogP contribution is -2.20. The first-order valence-corrected chi connectivity index (χ1v) is 9.07. The molecule has 3 aromatic rings. The second kappa shape index (κ2) is 7.58. The Labute approximate surface area is 158 Å². The number of nitrogens with one attached hydrogen (secondary N) is 1. The molecule has 0 bridgehead atoms. The number of ether oxygens (including phenoxy) is 2. The maximum Gasteiger partial charge on any atom is 0.226 e.